The predicted molar refractivity (Wildman–Crippen MR) is 123 cm³/mol. The number of carbonyl (C=O) groups is 3. The Morgan fingerprint density at radius 2 is 1.91 bits per heavy atom. The minimum absolute atomic E-state index is 0.00750. The van der Waals surface area contributed by atoms with E-state index in [9.17, 15) is 19.6 Å². The molecule has 0 spiro atoms. The molecule has 1 heterocycles. The van der Waals surface area contributed by atoms with Crippen LogP contribution in [0.25, 0.3) is 22.0 Å². The Morgan fingerprint density at radius 1 is 1.18 bits per heavy atom. The van der Waals surface area contributed by atoms with Crippen LogP contribution in [-0.2, 0) is 19.1 Å². The van der Waals surface area contributed by atoms with E-state index in [2.05, 4.69) is 10.3 Å². The number of pyridine rings is 1. The van der Waals surface area contributed by atoms with Gasteiger partial charge in [0, 0.05) is 11.6 Å². The number of ether oxygens (including phenoxy) is 2. The number of anilines is 1. The van der Waals surface area contributed by atoms with E-state index in [4.69, 9.17) is 21.1 Å². The fourth-order valence-corrected chi connectivity index (χ4v) is 3.65. The van der Waals surface area contributed by atoms with E-state index < -0.39 is 35.8 Å². The second-order valence-corrected chi connectivity index (χ2v) is 7.30. The Morgan fingerprint density at radius 3 is 2.59 bits per heavy atom. The van der Waals surface area contributed by atoms with Crippen LogP contribution in [0.4, 0.5) is 10.1 Å². The summed E-state index contributed by atoms with van der Waals surface area (Å²) in [6.45, 7) is 3.19. The number of esters is 2. The Hall–Kier alpha value is -4.03. The maximum absolute atomic E-state index is 15.9. The predicted octanol–water partition coefficient (Wildman–Crippen LogP) is 4.63. The van der Waals surface area contributed by atoms with Crippen molar-refractivity contribution < 1.29 is 28.2 Å². The van der Waals surface area contributed by atoms with Crippen molar-refractivity contribution in [2.45, 2.75) is 20.3 Å². The number of hydrogen-bond acceptors (Lipinski definition) is 7. The maximum Gasteiger partial charge on any atom is 0.340 e. The molecule has 3 rings (SSSR count). The van der Waals surface area contributed by atoms with Gasteiger partial charge < -0.3 is 14.8 Å². The summed E-state index contributed by atoms with van der Waals surface area (Å²) in [4.78, 5) is 40.8. The molecule has 0 saturated heterocycles. The highest BCUT2D eigenvalue weighted by Gasteiger charge is 2.27. The topological polar surface area (TPSA) is 118 Å². The van der Waals surface area contributed by atoms with E-state index in [-0.39, 0.29) is 40.6 Å². The molecule has 0 aliphatic heterocycles. The van der Waals surface area contributed by atoms with Gasteiger partial charge in [-0.05, 0) is 37.4 Å². The van der Waals surface area contributed by atoms with E-state index in [0.29, 0.717) is 10.8 Å². The van der Waals surface area contributed by atoms with Crippen LogP contribution in [0.15, 0.2) is 36.5 Å². The number of halogens is 2. The first-order valence-corrected chi connectivity index (χ1v) is 10.6. The Balaban J connectivity index is 2.23. The fourth-order valence-electron chi connectivity index (χ4n) is 3.37. The van der Waals surface area contributed by atoms with Crippen LogP contribution in [0.3, 0.4) is 0 Å². The first kappa shape index (κ1) is 24.6. The third kappa shape index (κ3) is 4.97. The smallest absolute Gasteiger partial charge is 0.340 e. The highest BCUT2D eigenvalue weighted by atomic mass is 35.5. The third-order valence-corrected chi connectivity index (χ3v) is 5.03. The van der Waals surface area contributed by atoms with Gasteiger partial charge in [-0.15, -0.1) is 0 Å². The van der Waals surface area contributed by atoms with Crippen LogP contribution in [0.5, 0.6) is 0 Å². The minimum atomic E-state index is -1.07. The molecule has 174 valence electrons. The van der Waals surface area contributed by atoms with Crippen molar-refractivity contribution >= 4 is 45.9 Å². The molecule has 8 nitrogen and oxygen atoms in total. The lowest BCUT2D eigenvalue weighted by Crippen LogP contribution is -2.21. The molecule has 34 heavy (non-hydrogen) atoms. The van der Waals surface area contributed by atoms with Crippen LogP contribution >= 0.6 is 11.6 Å². The molecule has 0 unspecified atom stereocenters. The molecular formula is C24H19ClFN3O5. The van der Waals surface area contributed by atoms with Gasteiger partial charge in [0.1, 0.15) is 6.42 Å². The first-order chi connectivity index (χ1) is 16.3. The Bertz CT molecular complexity index is 1330. The summed E-state index contributed by atoms with van der Waals surface area (Å²) in [5.41, 5.74) is -0.812. The number of carbonyl (C=O) groups excluding carboxylic acids is 3. The second kappa shape index (κ2) is 10.7. The normalized spacial score (nSPS) is 10.4. The monoisotopic (exact) mass is 483 g/mol. The van der Waals surface area contributed by atoms with Crippen LogP contribution < -0.4 is 5.32 Å². The molecule has 0 saturated carbocycles. The highest BCUT2D eigenvalue weighted by molar-refractivity contribution is 6.34. The molecule has 0 radical (unpaired) electrons. The average molecular weight is 484 g/mol. The van der Waals surface area contributed by atoms with Crippen LogP contribution in [0.2, 0.25) is 5.02 Å². The van der Waals surface area contributed by atoms with Crippen LogP contribution in [0, 0.1) is 17.1 Å². The number of amides is 1. The molecule has 0 aliphatic carbocycles. The third-order valence-electron chi connectivity index (χ3n) is 4.74. The zero-order chi connectivity index (χ0) is 24.8. The van der Waals surface area contributed by atoms with E-state index in [1.165, 1.54) is 6.20 Å². The number of rotatable bonds is 7. The summed E-state index contributed by atoms with van der Waals surface area (Å²) in [5.74, 6) is -3.72. The molecule has 0 fully saturated rings. The van der Waals surface area contributed by atoms with Gasteiger partial charge in [0.25, 0.3) is 0 Å². The van der Waals surface area contributed by atoms with Gasteiger partial charge in [0.15, 0.2) is 5.82 Å². The molecule has 1 amide bonds. The second-order valence-electron chi connectivity index (χ2n) is 6.90. The van der Waals surface area contributed by atoms with Gasteiger partial charge in [0.05, 0.1) is 52.4 Å². The van der Waals surface area contributed by atoms with E-state index >= 15 is 4.39 Å². The lowest BCUT2D eigenvalue weighted by molar-refractivity contribution is -0.145. The molecule has 2 aromatic carbocycles. The molecule has 0 aliphatic rings. The van der Waals surface area contributed by atoms with E-state index in [1.54, 1.807) is 38.1 Å². The fraction of sp³-hybridized carbons (Fsp3) is 0.208. The number of nitrogens with one attached hydrogen (secondary N) is 1. The summed E-state index contributed by atoms with van der Waals surface area (Å²) < 4.78 is 25.6. The molecule has 1 N–H and O–H groups in total. The Kier molecular flexibility index (Phi) is 7.76. The SMILES string of the molecule is CCOC(=O)CC(=O)Nc1c(C(=O)OCC)cc(Cl)c(-c2nccc3cccc(C#N)c23)c1F. The Labute approximate surface area is 199 Å². The largest absolute Gasteiger partial charge is 0.466 e. The number of nitrogens with zero attached hydrogens (tertiary/aromatic N) is 2. The van der Waals surface area contributed by atoms with Crippen LogP contribution in [0.1, 0.15) is 36.2 Å². The summed E-state index contributed by atoms with van der Waals surface area (Å²) in [6, 6.07) is 9.79. The van der Waals surface area contributed by atoms with Gasteiger partial charge in [-0.1, -0.05) is 23.7 Å². The van der Waals surface area contributed by atoms with Crippen molar-refractivity contribution in [2.75, 3.05) is 18.5 Å². The molecule has 10 heteroatoms. The number of hydrogen-bond donors (Lipinski definition) is 1. The maximum atomic E-state index is 15.9. The average Bonchev–Trinajstić information content (AvgIpc) is 2.80. The number of aromatic nitrogens is 1. The number of benzene rings is 2. The summed E-state index contributed by atoms with van der Waals surface area (Å²) >= 11 is 6.39. The zero-order valence-electron chi connectivity index (χ0n) is 18.3. The number of nitriles is 1. The molecule has 0 atom stereocenters. The van der Waals surface area contributed by atoms with Crippen molar-refractivity contribution in [3.63, 3.8) is 0 Å². The summed E-state index contributed by atoms with van der Waals surface area (Å²) in [6.07, 6.45) is 0.728. The van der Waals surface area contributed by atoms with Crippen LogP contribution in [-0.4, -0.2) is 36.0 Å². The standard InChI is InChI=1S/C24H19ClFN3O5/c1-3-33-18(31)11-17(30)29-22-15(24(32)34-4-2)10-16(25)20(21(22)26)23-19-13(8-9-28-23)6-5-7-14(19)12-27/h5-10H,3-4,11H2,1-2H3,(H,29,30). The molecule has 1 aromatic heterocycles. The van der Waals surface area contributed by atoms with Crippen molar-refractivity contribution in [3.8, 4) is 17.3 Å². The van der Waals surface area contributed by atoms with Gasteiger partial charge in [0.2, 0.25) is 5.91 Å². The quantitative estimate of drug-likeness (QED) is 0.384. The molecular weight excluding hydrogens is 465 g/mol. The van der Waals surface area contributed by atoms with Crippen molar-refractivity contribution in [3.05, 3.63) is 58.5 Å². The summed E-state index contributed by atoms with van der Waals surface area (Å²) in [7, 11) is 0. The van der Waals surface area contributed by atoms with Crippen molar-refractivity contribution in [1.29, 1.82) is 5.26 Å². The number of fused-ring (bicyclic) bond motifs is 1. The van der Waals surface area contributed by atoms with Crippen molar-refractivity contribution in [1.82, 2.24) is 4.98 Å². The van der Waals surface area contributed by atoms with E-state index in [1.807, 2.05) is 6.07 Å². The molecule has 0 bridgehead atoms. The molecule has 3 aromatic rings. The van der Waals surface area contributed by atoms with Gasteiger partial charge in [-0.3, -0.25) is 14.6 Å². The van der Waals surface area contributed by atoms with Gasteiger partial charge in [-0.25, -0.2) is 9.18 Å². The minimum Gasteiger partial charge on any atom is -0.466 e. The van der Waals surface area contributed by atoms with Gasteiger partial charge >= 0.3 is 11.9 Å². The van der Waals surface area contributed by atoms with E-state index in [0.717, 1.165) is 6.07 Å². The van der Waals surface area contributed by atoms with Gasteiger partial charge in [-0.2, -0.15) is 5.26 Å². The zero-order valence-corrected chi connectivity index (χ0v) is 19.0. The summed E-state index contributed by atoms with van der Waals surface area (Å²) in [5, 5.41) is 12.6. The lowest BCUT2D eigenvalue weighted by atomic mass is 9.97. The highest BCUT2D eigenvalue weighted by Crippen LogP contribution is 2.40. The first-order valence-electron chi connectivity index (χ1n) is 10.2. The van der Waals surface area contributed by atoms with Crippen molar-refractivity contribution in [2.24, 2.45) is 0 Å². The lowest BCUT2D eigenvalue weighted by Gasteiger charge is -2.17.